The van der Waals surface area contributed by atoms with Crippen molar-refractivity contribution in [3.8, 4) is 11.3 Å². The molecule has 2 aliphatic rings. The molecule has 1 saturated carbocycles. The van der Waals surface area contributed by atoms with Crippen molar-refractivity contribution in [2.24, 2.45) is 5.73 Å². The highest BCUT2D eigenvalue weighted by atomic mass is 19.1. The number of hydrogen-bond acceptors (Lipinski definition) is 4. The second-order valence-electron chi connectivity index (χ2n) is 7.96. The van der Waals surface area contributed by atoms with Crippen LogP contribution in [-0.2, 0) is 10.3 Å². The first kappa shape index (κ1) is 18.7. The van der Waals surface area contributed by atoms with E-state index in [9.17, 15) is 9.18 Å². The summed E-state index contributed by atoms with van der Waals surface area (Å²) in [6.07, 6.45) is 8.28. The number of aromatic nitrogens is 2. The van der Waals surface area contributed by atoms with Crippen molar-refractivity contribution in [3.63, 3.8) is 0 Å². The predicted molar refractivity (Wildman–Crippen MR) is 108 cm³/mol. The first-order valence-electron chi connectivity index (χ1n) is 9.77. The standard InChI is InChI=1S/C21H26FN5O/c1-21(2)20-25-18(14-7-9-15(22)10-8-14)19(24-16-5-3-4-6-16)26(20)11-12-27(21)17(28)13-23/h7-12,16,24H,3-6,13,23H2,1-2H3. The number of amides is 1. The molecular weight excluding hydrogens is 357 g/mol. The van der Waals surface area contributed by atoms with Crippen molar-refractivity contribution in [1.29, 1.82) is 0 Å². The maximum atomic E-state index is 13.5. The number of benzene rings is 1. The number of fused-ring (bicyclic) bond motifs is 1. The quantitative estimate of drug-likeness (QED) is 0.847. The van der Waals surface area contributed by atoms with Gasteiger partial charge in [0.2, 0.25) is 5.91 Å². The molecule has 148 valence electrons. The molecule has 3 N–H and O–H groups in total. The van der Waals surface area contributed by atoms with Crippen LogP contribution in [0.15, 0.2) is 30.5 Å². The Hall–Kier alpha value is -2.67. The molecule has 1 fully saturated rings. The van der Waals surface area contributed by atoms with E-state index >= 15 is 0 Å². The highest BCUT2D eigenvalue weighted by Gasteiger charge is 2.39. The van der Waals surface area contributed by atoms with E-state index < -0.39 is 5.54 Å². The lowest BCUT2D eigenvalue weighted by molar-refractivity contribution is -0.132. The minimum absolute atomic E-state index is 0.0630. The molecule has 0 unspecified atom stereocenters. The Morgan fingerprint density at radius 1 is 1.25 bits per heavy atom. The molecular formula is C21H26FN5O. The Bertz CT molecular complexity index is 910. The SMILES string of the molecule is CC1(C)c2nc(-c3ccc(F)cc3)c(NC3CCCC3)n2C=CN1C(=O)CN. The molecule has 28 heavy (non-hydrogen) atoms. The molecule has 0 spiro atoms. The maximum Gasteiger partial charge on any atom is 0.241 e. The number of hydrogen-bond donors (Lipinski definition) is 2. The molecule has 1 amide bonds. The number of halogens is 1. The van der Waals surface area contributed by atoms with E-state index in [0.29, 0.717) is 6.04 Å². The Balaban J connectivity index is 1.83. The predicted octanol–water partition coefficient (Wildman–Crippen LogP) is 3.51. The number of nitrogens with two attached hydrogens (primary N) is 1. The normalized spacial score (nSPS) is 18.4. The van der Waals surface area contributed by atoms with Crippen molar-refractivity contribution in [3.05, 3.63) is 42.1 Å². The summed E-state index contributed by atoms with van der Waals surface area (Å²) in [5, 5.41) is 3.65. The van der Waals surface area contributed by atoms with Crippen LogP contribution in [0.3, 0.4) is 0 Å². The van der Waals surface area contributed by atoms with Gasteiger partial charge in [-0.3, -0.25) is 9.36 Å². The van der Waals surface area contributed by atoms with Crippen molar-refractivity contribution in [2.45, 2.75) is 51.1 Å². The zero-order chi connectivity index (χ0) is 19.9. The fraction of sp³-hybridized carbons (Fsp3) is 0.429. The summed E-state index contributed by atoms with van der Waals surface area (Å²) in [7, 11) is 0. The van der Waals surface area contributed by atoms with Gasteiger partial charge in [0.15, 0.2) is 0 Å². The van der Waals surface area contributed by atoms with E-state index in [1.165, 1.54) is 25.0 Å². The number of carbonyl (C=O) groups is 1. The van der Waals surface area contributed by atoms with Crippen LogP contribution in [0.1, 0.15) is 45.4 Å². The van der Waals surface area contributed by atoms with Crippen LogP contribution in [0, 0.1) is 5.82 Å². The minimum atomic E-state index is -0.657. The fourth-order valence-electron chi connectivity index (χ4n) is 4.14. The lowest BCUT2D eigenvalue weighted by Gasteiger charge is -2.38. The minimum Gasteiger partial charge on any atom is -0.367 e. The number of nitrogens with zero attached hydrogens (tertiary/aromatic N) is 3. The molecule has 0 bridgehead atoms. The Morgan fingerprint density at radius 2 is 1.93 bits per heavy atom. The monoisotopic (exact) mass is 383 g/mol. The molecule has 4 rings (SSSR count). The third kappa shape index (κ3) is 3.09. The fourth-order valence-corrected chi connectivity index (χ4v) is 4.14. The number of anilines is 1. The van der Waals surface area contributed by atoms with Gasteiger partial charge >= 0.3 is 0 Å². The van der Waals surface area contributed by atoms with Gasteiger partial charge in [0, 0.05) is 24.0 Å². The molecule has 2 heterocycles. The van der Waals surface area contributed by atoms with Crippen LogP contribution < -0.4 is 11.1 Å². The second-order valence-corrected chi connectivity index (χ2v) is 7.96. The first-order valence-corrected chi connectivity index (χ1v) is 9.77. The van der Waals surface area contributed by atoms with Gasteiger partial charge in [0.1, 0.15) is 28.7 Å². The topological polar surface area (TPSA) is 76.2 Å². The molecule has 0 saturated heterocycles. The third-order valence-corrected chi connectivity index (χ3v) is 5.68. The number of imidazole rings is 1. The van der Waals surface area contributed by atoms with Crippen molar-refractivity contribution in [2.75, 3.05) is 11.9 Å². The summed E-state index contributed by atoms with van der Waals surface area (Å²) >= 11 is 0. The highest BCUT2D eigenvalue weighted by molar-refractivity contribution is 5.82. The van der Waals surface area contributed by atoms with Gasteiger partial charge in [-0.2, -0.15) is 0 Å². The molecule has 1 aliphatic carbocycles. The van der Waals surface area contributed by atoms with E-state index in [1.807, 2.05) is 24.6 Å². The van der Waals surface area contributed by atoms with Gasteiger partial charge in [0.05, 0.1) is 6.54 Å². The Morgan fingerprint density at radius 3 is 2.57 bits per heavy atom. The Kier molecular flexibility index (Phi) is 4.71. The molecule has 0 radical (unpaired) electrons. The highest BCUT2D eigenvalue weighted by Crippen LogP contribution is 2.39. The van der Waals surface area contributed by atoms with Gasteiger partial charge in [-0.15, -0.1) is 0 Å². The number of rotatable bonds is 4. The van der Waals surface area contributed by atoms with Crippen LogP contribution in [0.25, 0.3) is 17.5 Å². The molecule has 7 heteroatoms. The second kappa shape index (κ2) is 7.05. The largest absolute Gasteiger partial charge is 0.367 e. The summed E-state index contributed by atoms with van der Waals surface area (Å²) < 4.78 is 15.5. The van der Waals surface area contributed by atoms with Gasteiger partial charge in [-0.25, -0.2) is 9.37 Å². The van der Waals surface area contributed by atoms with Crippen molar-refractivity contribution >= 4 is 17.9 Å². The zero-order valence-electron chi connectivity index (χ0n) is 16.3. The van der Waals surface area contributed by atoms with E-state index in [2.05, 4.69) is 5.32 Å². The first-order chi connectivity index (χ1) is 13.4. The van der Waals surface area contributed by atoms with Crippen LogP contribution in [0.2, 0.25) is 0 Å². The van der Waals surface area contributed by atoms with Crippen LogP contribution in [0.4, 0.5) is 10.2 Å². The van der Waals surface area contributed by atoms with Crippen molar-refractivity contribution < 1.29 is 9.18 Å². The zero-order valence-corrected chi connectivity index (χ0v) is 16.3. The summed E-state index contributed by atoms with van der Waals surface area (Å²) in [5.41, 5.74) is 6.54. The third-order valence-electron chi connectivity index (χ3n) is 5.68. The molecule has 0 atom stereocenters. The average molecular weight is 383 g/mol. The van der Waals surface area contributed by atoms with Gasteiger partial charge < -0.3 is 16.0 Å². The van der Waals surface area contributed by atoms with Gasteiger partial charge in [-0.1, -0.05) is 12.8 Å². The summed E-state index contributed by atoms with van der Waals surface area (Å²) in [5.74, 6) is 1.19. The molecule has 1 aromatic heterocycles. The van der Waals surface area contributed by atoms with Crippen molar-refractivity contribution in [1.82, 2.24) is 14.5 Å². The van der Waals surface area contributed by atoms with E-state index in [4.69, 9.17) is 10.7 Å². The summed E-state index contributed by atoms with van der Waals surface area (Å²) in [6.45, 7) is 3.85. The van der Waals surface area contributed by atoms with E-state index in [0.717, 1.165) is 35.7 Å². The average Bonchev–Trinajstić information content (AvgIpc) is 3.31. The van der Waals surface area contributed by atoms with Gasteiger partial charge in [0.25, 0.3) is 0 Å². The summed E-state index contributed by atoms with van der Waals surface area (Å²) in [6, 6.07) is 6.75. The maximum absolute atomic E-state index is 13.5. The van der Waals surface area contributed by atoms with Gasteiger partial charge in [-0.05, 0) is 51.0 Å². The number of nitrogens with one attached hydrogen (secondary N) is 1. The molecule has 1 aromatic carbocycles. The Labute approximate surface area is 164 Å². The molecule has 2 aromatic rings. The van der Waals surface area contributed by atoms with E-state index in [1.54, 1.807) is 23.2 Å². The lowest BCUT2D eigenvalue weighted by atomic mass is 10.0. The number of carbonyl (C=O) groups excluding carboxylic acids is 1. The lowest BCUT2D eigenvalue weighted by Crippen LogP contribution is -2.47. The van der Waals surface area contributed by atoms with Crippen LogP contribution in [0.5, 0.6) is 0 Å². The van der Waals surface area contributed by atoms with Crippen LogP contribution >= 0.6 is 0 Å². The van der Waals surface area contributed by atoms with Crippen LogP contribution in [-0.4, -0.2) is 32.9 Å². The van der Waals surface area contributed by atoms with E-state index in [-0.39, 0.29) is 18.3 Å². The molecule has 6 nitrogen and oxygen atoms in total. The molecule has 1 aliphatic heterocycles. The summed E-state index contributed by atoms with van der Waals surface area (Å²) in [4.78, 5) is 18.9. The smallest absolute Gasteiger partial charge is 0.241 e.